The third kappa shape index (κ3) is 5.02. The number of carbonyl (C=O) groups excluding carboxylic acids is 1. The third-order valence-corrected chi connectivity index (χ3v) is 5.62. The van der Waals surface area contributed by atoms with Gasteiger partial charge in [-0.25, -0.2) is 0 Å². The molecule has 3 aromatic rings. The number of piperidine rings is 1. The maximum Gasteiger partial charge on any atom is 0.229 e. The molecule has 4 rings (SSSR count). The fourth-order valence-electron chi connectivity index (χ4n) is 3.94. The standard InChI is InChI=1S/C25H28N4O2/c1-3-31-21-12-10-20(11-13-21)26-25(30)19-8-6-16-29(17-19)24-15-14-23(27-28-24)22-9-5-4-7-18(22)2/h4-5,7,9-15,19H,3,6,8,16-17H2,1-2H3,(H,26,30)/t19-/m0/s1. The van der Waals surface area contributed by atoms with Crippen LogP contribution in [-0.4, -0.2) is 35.8 Å². The smallest absolute Gasteiger partial charge is 0.229 e. The van der Waals surface area contributed by atoms with E-state index in [4.69, 9.17) is 4.74 Å². The van der Waals surface area contributed by atoms with Crippen LogP contribution in [0.2, 0.25) is 0 Å². The monoisotopic (exact) mass is 416 g/mol. The van der Waals surface area contributed by atoms with E-state index in [2.05, 4.69) is 39.5 Å². The topological polar surface area (TPSA) is 67.3 Å². The van der Waals surface area contributed by atoms with Crippen molar-refractivity contribution in [3.63, 3.8) is 0 Å². The molecule has 1 aromatic heterocycles. The molecule has 1 N–H and O–H groups in total. The number of hydrogen-bond donors (Lipinski definition) is 1. The van der Waals surface area contributed by atoms with Gasteiger partial charge in [0.2, 0.25) is 5.91 Å². The van der Waals surface area contributed by atoms with Crippen LogP contribution in [-0.2, 0) is 4.79 Å². The molecule has 0 saturated carbocycles. The lowest BCUT2D eigenvalue weighted by Gasteiger charge is -2.32. The predicted molar refractivity (Wildman–Crippen MR) is 123 cm³/mol. The number of anilines is 2. The van der Waals surface area contributed by atoms with Crippen LogP contribution in [0, 0.1) is 12.8 Å². The Morgan fingerprint density at radius 1 is 1.10 bits per heavy atom. The Hall–Kier alpha value is -3.41. The summed E-state index contributed by atoms with van der Waals surface area (Å²) in [6.45, 7) is 6.17. The van der Waals surface area contributed by atoms with Crippen LogP contribution in [0.5, 0.6) is 5.75 Å². The minimum Gasteiger partial charge on any atom is -0.494 e. The summed E-state index contributed by atoms with van der Waals surface area (Å²) in [5.41, 5.74) is 3.91. The Bertz CT molecular complexity index is 1020. The Labute approximate surface area is 183 Å². The minimum atomic E-state index is -0.0850. The molecule has 0 spiro atoms. The normalized spacial score (nSPS) is 16.1. The van der Waals surface area contributed by atoms with Crippen LogP contribution in [0.15, 0.2) is 60.7 Å². The molecule has 1 aliphatic heterocycles. The number of carbonyl (C=O) groups is 1. The van der Waals surface area contributed by atoms with Crippen molar-refractivity contribution in [2.24, 2.45) is 5.92 Å². The molecule has 1 atom stereocenters. The van der Waals surface area contributed by atoms with Gasteiger partial charge in [-0.05, 0) is 68.7 Å². The van der Waals surface area contributed by atoms with E-state index in [1.165, 1.54) is 5.56 Å². The van der Waals surface area contributed by atoms with Crippen LogP contribution >= 0.6 is 0 Å². The summed E-state index contributed by atoms with van der Waals surface area (Å²) < 4.78 is 5.46. The number of rotatable bonds is 6. The Morgan fingerprint density at radius 3 is 2.61 bits per heavy atom. The van der Waals surface area contributed by atoms with Crippen molar-refractivity contribution in [3.8, 4) is 17.0 Å². The molecular weight excluding hydrogens is 388 g/mol. The SMILES string of the molecule is CCOc1ccc(NC(=O)[C@H]2CCCN(c3ccc(-c4ccccc4C)nn3)C2)cc1. The number of nitrogens with one attached hydrogen (secondary N) is 1. The highest BCUT2D eigenvalue weighted by molar-refractivity contribution is 5.93. The fourth-order valence-corrected chi connectivity index (χ4v) is 3.94. The summed E-state index contributed by atoms with van der Waals surface area (Å²) in [4.78, 5) is 15.0. The van der Waals surface area contributed by atoms with E-state index in [0.29, 0.717) is 13.2 Å². The lowest BCUT2D eigenvalue weighted by Crippen LogP contribution is -2.41. The lowest BCUT2D eigenvalue weighted by molar-refractivity contribution is -0.120. The molecule has 2 heterocycles. The predicted octanol–water partition coefficient (Wildman–Crippen LogP) is 4.71. The number of nitrogens with zero attached hydrogens (tertiary/aromatic N) is 3. The number of benzene rings is 2. The number of aryl methyl sites for hydroxylation is 1. The second-order valence-corrected chi connectivity index (χ2v) is 7.82. The first kappa shape index (κ1) is 20.8. The van der Waals surface area contributed by atoms with Gasteiger partial charge in [-0.1, -0.05) is 24.3 Å². The van der Waals surface area contributed by atoms with Crippen molar-refractivity contribution in [3.05, 3.63) is 66.2 Å². The lowest BCUT2D eigenvalue weighted by atomic mass is 9.97. The van der Waals surface area contributed by atoms with Crippen LogP contribution in [0.3, 0.4) is 0 Å². The summed E-state index contributed by atoms with van der Waals surface area (Å²) in [6, 6.07) is 19.7. The first-order valence-corrected chi connectivity index (χ1v) is 10.8. The Kier molecular flexibility index (Phi) is 6.46. The van der Waals surface area contributed by atoms with Gasteiger partial charge >= 0.3 is 0 Å². The summed E-state index contributed by atoms with van der Waals surface area (Å²) in [5.74, 6) is 1.57. The molecule has 0 bridgehead atoms. The molecular formula is C25H28N4O2. The first-order valence-electron chi connectivity index (χ1n) is 10.8. The Morgan fingerprint density at radius 2 is 1.90 bits per heavy atom. The van der Waals surface area contributed by atoms with Crippen LogP contribution in [0.1, 0.15) is 25.3 Å². The molecule has 0 aliphatic carbocycles. The van der Waals surface area contributed by atoms with Gasteiger partial charge in [0, 0.05) is 24.3 Å². The Balaban J connectivity index is 1.40. The van der Waals surface area contributed by atoms with Crippen molar-refractivity contribution < 1.29 is 9.53 Å². The van der Waals surface area contributed by atoms with Crippen molar-refractivity contribution >= 4 is 17.4 Å². The van der Waals surface area contributed by atoms with E-state index in [1.54, 1.807) is 0 Å². The number of hydrogen-bond acceptors (Lipinski definition) is 5. The highest BCUT2D eigenvalue weighted by Gasteiger charge is 2.27. The van der Waals surface area contributed by atoms with Crippen LogP contribution < -0.4 is 15.0 Å². The zero-order chi connectivity index (χ0) is 21.6. The number of ether oxygens (including phenoxy) is 1. The molecule has 1 amide bonds. The summed E-state index contributed by atoms with van der Waals surface area (Å²) in [7, 11) is 0. The molecule has 1 saturated heterocycles. The van der Waals surface area contributed by atoms with Gasteiger partial charge < -0.3 is 15.0 Å². The summed E-state index contributed by atoms with van der Waals surface area (Å²) in [5, 5.41) is 11.9. The molecule has 1 fully saturated rings. The second kappa shape index (κ2) is 9.60. The van der Waals surface area contributed by atoms with E-state index >= 15 is 0 Å². The van der Waals surface area contributed by atoms with Crippen molar-refractivity contribution in [2.45, 2.75) is 26.7 Å². The third-order valence-electron chi connectivity index (χ3n) is 5.62. The van der Waals surface area contributed by atoms with E-state index in [1.807, 2.05) is 55.5 Å². The second-order valence-electron chi connectivity index (χ2n) is 7.82. The van der Waals surface area contributed by atoms with Gasteiger partial charge in [-0.2, -0.15) is 0 Å². The quantitative estimate of drug-likeness (QED) is 0.631. The molecule has 6 heteroatoms. The highest BCUT2D eigenvalue weighted by atomic mass is 16.5. The average Bonchev–Trinajstić information content (AvgIpc) is 2.81. The summed E-state index contributed by atoms with van der Waals surface area (Å²) in [6.07, 6.45) is 1.82. The van der Waals surface area contributed by atoms with E-state index in [9.17, 15) is 4.79 Å². The molecule has 0 radical (unpaired) electrons. The van der Waals surface area contributed by atoms with Crippen LogP contribution in [0.4, 0.5) is 11.5 Å². The number of aromatic nitrogens is 2. The highest BCUT2D eigenvalue weighted by Crippen LogP contribution is 2.26. The van der Waals surface area contributed by atoms with Gasteiger partial charge in [0.25, 0.3) is 0 Å². The average molecular weight is 417 g/mol. The minimum absolute atomic E-state index is 0.0401. The first-order chi connectivity index (χ1) is 15.1. The zero-order valence-corrected chi connectivity index (χ0v) is 18.0. The van der Waals surface area contributed by atoms with Crippen LogP contribution in [0.25, 0.3) is 11.3 Å². The fraction of sp³-hybridized carbons (Fsp3) is 0.320. The van der Waals surface area contributed by atoms with Gasteiger partial charge in [0.05, 0.1) is 18.2 Å². The van der Waals surface area contributed by atoms with Crippen molar-refractivity contribution in [2.75, 3.05) is 29.9 Å². The van der Waals surface area contributed by atoms with Crippen molar-refractivity contribution in [1.82, 2.24) is 10.2 Å². The van der Waals surface area contributed by atoms with Crippen molar-refractivity contribution in [1.29, 1.82) is 0 Å². The molecule has 2 aromatic carbocycles. The molecule has 160 valence electrons. The van der Waals surface area contributed by atoms with Gasteiger partial charge in [0.15, 0.2) is 5.82 Å². The largest absolute Gasteiger partial charge is 0.494 e. The zero-order valence-electron chi connectivity index (χ0n) is 18.0. The molecule has 31 heavy (non-hydrogen) atoms. The maximum absolute atomic E-state index is 12.8. The van der Waals surface area contributed by atoms with E-state index < -0.39 is 0 Å². The summed E-state index contributed by atoms with van der Waals surface area (Å²) >= 11 is 0. The van der Waals surface area contributed by atoms with E-state index in [0.717, 1.165) is 47.9 Å². The van der Waals surface area contributed by atoms with E-state index in [-0.39, 0.29) is 11.8 Å². The molecule has 1 aliphatic rings. The van der Waals surface area contributed by atoms with Gasteiger partial charge in [-0.15, -0.1) is 10.2 Å². The molecule has 6 nitrogen and oxygen atoms in total. The number of amides is 1. The van der Waals surface area contributed by atoms with Gasteiger partial charge in [-0.3, -0.25) is 4.79 Å². The molecule has 0 unspecified atom stereocenters. The van der Waals surface area contributed by atoms with Gasteiger partial charge in [0.1, 0.15) is 5.75 Å². The maximum atomic E-state index is 12.8.